The van der Waals surface area contributed by atoms with Gasteiger partial charge in [0.25, 0.3) is 0 Å². The van der Waals surface area contributed by atoms with Crippen molar-refractivity contribution in [2.75, 3.05) is 24.7 Å². The van der Waals surface area contributed by atoms with Gasteiger partial charge in [-0.3, -0.25) is 5.32 Å². The number of nitrogens with zero attached hydrogens (tertiary/aromatic N) is 4. The van der Waals surface area contributed by atoms with Crippen molar-refractivity contribution in [1.29, 1.82) is 5.26 Å². The molecule has 0 saturated heterocycles. The summed E-state index contributed by atoms with van der Waals surface area (Å²) in [4.78, 5) is 1.98. The van der Waals surface area contributed by atoms with Crippen LogP contribution < -0.4 is 10.2 Å². The molecule has 1 aliphatic carbocycles. The summed E-state index contributed by atoms with van der Waals surface area (Å²) in [6.45, 7) is 2.02. The van der Waals surface area contributed by atoms with E-state index in [0.29, 0.717) is 6.04 Å². The predicted octanol–water partition coefficient (Wildman–Crippen LogP) is 2.90. The molecule has 1 unspecified atom stereocenters. The molecule has 0 aromatic carbocycles. The third-order valence-electron chi connectivity index (χ3n) is 3.42. The van der Waals surface area contributed by atoms with E-state index in [1.54, 1.807) is 23.1 Å². The fourth-order valence-corrected chi connectivity index (χ4v) is 3.85. The Labute approximate surface area is 135 Å². The third kappa shape index (κ3) is 5.46. The molecule has 1 N–H and O–H groups in total. The van der Waals surface area contributed by atoms with E-state index in [-0.39, 0.29) is 5.54 Å². The molecule has 0 amide bonds. The largest absolute Gasteiger partial charge is 0.353 e. The van der Waals surface area contributed by atoms with Gasteiger partial charge in [0.2, 0.25) is 5.13 Å². The first-order valence-corrected chi connectivity index (χ1v) is 9.15. The van der Waals surface area contributed by atoms with Crippen molar-refractivity contribution in [3.05, 3.63) is 0 Å². The molecule has 1 fully saturated rings. The number of thioether (sulfide) groups is 1. The minimum Gasteiger partial charge on any atom is -0.353 e. The van der Waals surface area contributed by atoms with Gasteiger partial charge in [-0.2, -0.15) is 5.26 Å². The number of unbranched alkanes of at least 4 members (excludes halogenated alkanes) is 1. The number of hydrogen-bond acceptors (Lipinski definition) is 7. The second-order valence-electron chi connectivity index (χ2n) is 5.91. The van der Waals surface area contributed by atoms with Crippen LogP contribution in [0.3, 0.4) is 0 Å². The zero-order chi connectivity index (χ0) is 15.3. The molecule has 5 nitrogen and oxygen atoms in total. The first-order valence-electron chi connectivity index (χ1n) is 7.35. The highest BCUT2D eigenvalue weighted by molar-refractivity contribution is 8.01. The average molecular weight is 326 g/mol. The van der Waals surface area contributed by atoms with E-state index in [1.807, 2.05) is 25.9 Å². The quantitative estimate of drug-likeness (QED) is 0.556. The van der Waals surface area contributed by atoms with Crippen LogP contribution in [0.4, 0.5) is 5.13 Å². The molecule has 2 rings (SSSR count). The number of rotatable bonds is 9. The number of nitriles is 1. The molecule has 21 heavy (non-hydrogen) atoms. The summed E-state index contributed by atoms with van der Waals surface area (Å²) in [6.07, 6.45) is 5.53. The van der Waals surface area contributed by atoms with Crippen molar-refractivity contribution in [2.45, 2.75) is 54.9 Å². The van der Waals surface area contributed by atoms with Gasteiger partial charge in [0, 0.05) is 25.9 Å². The molecule has 116 valence electrons. The van der Waals surface area contributed by atoms with E-state index in [2.05, 4.69) is 21.6 Å². The monoisotopic (exact) mass is 325 g/mol. The molecule has 0 spiro atoms. The van der Waals surface area contributed by atoms with Gasteiger partial charge >= 0.3 is 0 Å². The van der Waals surface area contributed by atoms with Crippen molar-refractivity contribution >= 4 is 28.2 Å². The predicted molar refractivity (Wildman–Crippen MR) is 89.0 cm³/mol. The van der Waals surface area contributed by atoms with Crippen molar-refractivity contribution < 1.29 is 0 Å². The number of nitrogens with one attached hydrogen (secondary N) is 1. The summed E-state index contributed by atoms with van der Waals surface area (Å²) in [7, 11) is 3.95. The van der Waals surface area contributed by atoms with Crippen LogP contribution >= 0.6 is 23.1 Å². The number of hydrogen-bond donors (Lipinski definition) is 1. The van der Waals surface area contributed by atoms with Crippen molar-refractivity contribution in [3.63, 3.8) is 0 Å². The summed E-state index contributed by atoms with van der Waals surface area (Å²) < 4.78 is 1.03. The summed E-state index contributed by atoms with van der Waals surface area (Å²) >= 11 is 3.39. The molecule has 1 aromatic heterocycles. The van der Waals surface area contributed by atoms with Crippen LogP contribution in [0.15, 0.2) is 4.34 Å². The number of anilines is 1. The Hall–Kier alpha value is -0.840. The Kier molecular flexibility index (Phi) is 5.85. The number of aromatic nitrogens is 2. The topological polar surface area (TPSA) is 64.8 Å². The molecule has 1 aromatic rings. The maximum absolute atomic E-state index is 9.31. The molecule has 0 radical (unpaired) electrons. The molecule has 1 heterocycles. The highest BCUT2D eigenvalue weighted by Gasteiger charge is 2.31. The molecular formula is C14H23N5S2. The van der Waals surface area contributed by atoms with Gasteiger partial charge in [0.15, 0.2) is 4.34 Å². The standard InChI is InChI=1S/C14H23N5S2/c1-14(10-15,16-11-6-7-11)8-4-5-9-20-13-18-17-12(21-13)19(2)3/h11,16H,4-9H2,1-3H3. The van der Waals surface area contributed by atoms with Gasteiger partial charge in [-0.05, 0) is 39.0 Å². The fraction of sp³-hybridized carbons (Fsp3) is 0.786. The van der Waals surface area contributed by atoms with Gasteiger partial charge in [-0.15, -0.1) is 10.2 Å². The van der Waals surface area contributed by atoms with Crippen LogP contribution in [-0.4, -0.2) is 41.6 Å². The van der Waals surface area contributed by atoms with Crippen LogP contribution in [0.1, 0.15) is 39.0 Å². The highest BCUT2D eigenvalue weighted by Crippen LogP contribution is 2.28. The van der Waals surface area contributed by atoms with E-state index in [0.717, 1.165) is 34.5 Å². The minimum absolute atomic E-state index is 0.355. The van der Waals surface area contributed by atoms with Gasteiger partial charge in [-0.25, -0.2) is 0 Å². The van der Waals surface area contributed by atoms with Crippen LogP contribution in [0, 0.1) is 11.3 Å². The second kappa shape index (κ2) is 7.43. The first-order chi connectivity index (χ1) is 10.0. The summed E-state index contributed by atoms with van der Waals surface area (Å²) in [5.74, 6) is 1.03. The lowest BCUT2D eigenvalue weighted by Crippen LogP contribution is -2.42. The zero-order valence-electron chi connectivity index (χ0n) is 12.9. The molecule has 0 aliphatic heterocycles. The summed E-state index contributed by atoms with van der Waals surface area (Å²) in [5, 5.41) is 22.0. The van der Waals surface area contributed by atoms with Crippen molar-refractivity contribution in [3.8, 4) is 6.07 Å². The normalized spacial score (nSPS) is 17.2. The van der Waals surface area contributed by atoms with E-state index < -0.39 is 0 Å². The van der Waals surface area contributed by atoms with E-state index in [9.17, 15) is 5.26 Å². The summed E-state index contributed by atoms with van der Waals surface area (Å²) in [6, 6.07) is 3.01. The maximum Gasteiger partial charge on any atom is 0.208 e. The van der Waals surface area contributed by atoms with Crippen LogP contribution in [0.5, 0.6) is 0 Å². The first kappa shape index (κ1) is 16.5. The lowest BCUT2D eigenvalue weighted by molar-refractivity contribution is 0.402. The molecular weight excluding hydrogens is 302 g/mol. The Balaban J connectivity index is 1.63. The van der Waals surface area contributed by atoms with E-state index in [1.165, 1.54) is 12.8 Å². The van der Waals surface area contributed by atoms with Crippen LogP contribution in [-0.2, 0) is 0 Å². The van der Waals surface area contributed by atoms with E-state index >= 15 is 0 Å². The average Bonchev–Trinajstić information content (AvgIpc) is 3.12. The Morgan fingerprint density at radius 2 is 2.19 bits per heavy atom. The van der Waals surface area contributed by atoms with Crippen LogP contribution in [0.25, 0.3) is 0 Å². The highest BCUT2D eigenvalue weighted by atomic mass is 32.2. The lowest BCUT2D eigenvalue weighted by Gasteiger charge is -2.23. The minimum atomic E-state index is -0.355. The molecule has 1 aliphatic rings. The van der Waals surface area contributed by atoms with Crippen molar-refractivity contribution in [2.24, 2.45) is 0 Å². The Morgan fingerprint density at radius 1 is 1.43 bits per heavy atom. The second-order valence-corrected chi connectivity index (χ2v) is 8.21. The SMILES string of the molecule is CN(C)c1nnc(SCCCCC(C)(C#N)NC2CC2)s1. The third-order valence-corrected chi connectivity index (χ3v) is 5.73. The molecule has 0 bridgehead atoms. The van der Waals surface area contributed by atoms with Gasteiger partial charge < -0.3 is 4.90 Å². The lowest BCUT2D eigenvalue weighted by atomic mass is 9.96. The molecule has 7 heteroatoms. The van der Waals surface area contributed by atoms with E-state index in [4.69, 9.17) is 0 Å². The van der Waals surface area contributed by atoms with Gasteiger partial charge in [0.1, 0.15) is 5.54 Å². The molecule has 1 atom stereocenters. The van der Waals surface area contributed by atoms with Crippen LogP contribution in [0.2, 0.25) is 0 Å². The smallest absolute Gasteiger partial charge is 0.208 e. The Morgan fingerprint density at radius 3 is 2.76 bits per heavy atom. The van der Waals surface area contributed by atoms with Gasteiger partial charge in [0.05, 0.1) is 6.07 Å². The van der Waals surface area contributed by atoms with Gasteiger partial charge in [-0.1, -0.05) is 23.1 Å². The molecule has 1 saturated carbocycles. The maximum atomic E-state index is 9.31. The van der Waals surface area contributed by atoms with Crippen molar-refractivity contribution in [1.82, 2.24) is 15.5 Å². The summed E-state index contributed by atoms with van der Waals surface area (Å²) in [5.41, 5.74) is -0.355. The zero-order valence-corrected chi connectivity index (χ0v) is 14.6. The fourth-order valence-electron chi connectivity index (χ4n) is 2.02. The Bertz CT molecular complexity index is 492.